The molecule has 0 fully saturated rings. The van der Waals surface area contributed by atoms with Gasteiger partial charge in [0.15, 0.2) is 0 Å². The van der Waals surface area contributed by atoms with Gasteiger partial charge in [-0.25, -0.2) is 0 Å². The van der Waals surface area contributed by atoms with E-state index in [-0.39, 0.29) is 6.29 Å². The molecule has 0 bridgehead atoms. The van der Waals surface area contributed by atoms with Gasteiger partial charge in [-0.2, -0.15) is 0 Å². The second-order valence-corrected chi connectivity index (χ2v) is 2.69. The molecule has 0 aliphatic rings. The van der Waals surface area contributed by atoms with E-state index in [2.05, 4.69) is 0 Å². The van der Waals surface area contributed by atoms with Crippen molar-refractivity contribution in [2.75, 3.05) is 0 Å². The summed E-state index contributed by atoms with van der Waals surface area (Å²) < 4.78 is 77.5. The lowest BCUT2D eigenvalue weighted by molar-refractivity contribution is -0.108. The van der Waals surface area contributed by atoms with Crippen LogP contribution in [0.5, 0.6) is 0 Å². The van der Waals surface area contributed by atoms with Crippen LogP contribution >= 0.6 is 0 Å². The van der Waals surface area contributed by atoms with Gasteiger partial charge in [-0.1, -0.05) is 60.4 Å². The summed E-state index contributed by atoms with van der Waals surface area (Å²) in [6.07, 6.45) is 0.210. The number of benzene rings is 2. The molecule has 0 saturated carbocycles. The zero-order valence-electron chi connectivity index (χ0n) is 17.6. The van der Waals surface area contributed by atoms with Crippen LogP contribution in [-0.4, -0.2) is 6.29 Å². The Morgan fingerprint density at radius 1 is 0.867 bits per heavy atom. The Morgan fingerprint density at radius 3 is 1.60 bits per heavy atom. The van der Waals surface area contributed by atoms with E-state index < -0.39 is 77.5 Å². The maximum absolute atomic E-state index is 11.7. The Kier molecular flexibility index (Phi) is 1.00. The molecule has 0 N–H and O–H groups in total. The van der Waals surface area contributed by atoms with Crippen LogP contribution in [0.4, 0.5) is 0 Å². The highest BCUT2D eigenvalue weighted by atomic mass is 16.1. The minimum absolute atomic E-state index is 0.210. The monoisotopic (exact) mass is 206 g/mol. The SMILES string of the molecule is [2H]c1c([2H])c([2H])c(C(C=O)c2c([2H])c([2H])c([2H])c([2H])c2[2H])c([2H])c1[2H]. The highest BCUT2D eigenvalue weighted by Gasteiger charge is 2.11. The van der Waals surface area contributed by atoms with E-state index in [0.29, 0.717) is 0 Å². The minimum Gasteiger partial charge on any atom is -0.302 e. The van der Waals surface area contributed by atoms with E-state index in [1.54, 1.807) is 0 Å². The van der Waals surface area contributed by atoms with Crippen molar-refractivity contribution in [2.45, 2.75) is 5.92 Å². The lowest BCUT2D eigenvalue weighted by Gasteiger charge is -2.10. The van der Waals surface area contributed by atoms with Gasteiger partial charge < -0.3 is 4.79 Å². The second kappa shape index (κ2) is 4.56. The molecular weight excluding hydrogens is 184 g/mol. The van der Waals surface area contributed by atoms with Crippen LogP contribution in [0, 0.1) is 0 Å². The van der Waals surface area contributed by atoms with Gasteiger partial charge in [-0.15, -0.1) is 0 Å². The molecule has 0 heterocycles. The van der Waals surface area contributed by atoms with Crippen LogP contribution in [0.1, 0.15) is 30.8 Å². The number of hydrogen-bond donors (Lipinski definition) is 0. The van der Waals surface area contributed by atoms with Crippen LogP contribution < -0.4 is 0 Å². The van der Waals surface area contributed by atoms with Crippen molar-refractivity contribution in [2.24, 2.45) is 0 Å². The molecule has 0 saturated heterocycles. The molecule has 15 heavy (non-hydrogen) atoms. The van der Waals surface area contributed by atoms with Gasteiger partial charge in [-0.05, 0) is 11.1 Å². The van der Waals surface area contributed by atoms with E-state index >= 15 is 0 Å². The van der Waals surface area contributed by atoms with Gasteiger partial charge in [0.2, 0.25) is 0 Å². The van der Waals surface area contributed by atoms with E-state index in [4.69, 9.17) is 13.7 Å². The summed E-state index contributed by atoms with van der Waals surface area (Å²) in [5.41, 5.74) is -0.862. The van der Waals surface area contributed by atoms with Crippen LogP contribution in [0.3, 0.4) is 0 Å². The molecule has 0 aliphatic carbocycles. The predicted octanol–water partition coefficient (Wildman–Crippen LogP) is 3.02. The number of aldehydes is 1. The van der Waals surface area contributed by atoms with Crippen molar-refractivity contribution < 1.29 is 18.5 Å². The van der Waals surface area contributed by atoms with Crippen LogP contribution in [0.25, 0.3) is 0 Å². The summed E-state index contributed by atoms with van der Waals surface area (Å²) in [6, 6.07) is -6.61. The lowest BCUT2D eigenvalue weighted by Crippen LogP contribution is -2.01. The smallest absolute Gasteiger partial charge is 0.131 e. The van der Waals surface area contributed by atoms with Crippen molar-refractivity contribution in [3.63, 3.8) is 0 Å². The van der Waals surface area contributed by atoms with Gasteiger partial charge in [0.05, 0.1) is 19.6 Å². The van der Waals surface area contributed by atoms with Crippen molar-refractivity contribution in [1.29, 1.82) is 0 Å². The predicted molar refractivity (Wildman–Crippen MR) is 60.8 cm³/mol. The fraction of sp³-hybridized carbons (Fsp3) is 0.0714. The molecule has 1 nitrogen and oxygen atoms in total. The van der Waals surface area contributed by atoms with Crippen molar-refractivity contribution in [3.05, 3.63) is 71.6 Å². The van der Waals surface area contributed by atoms with Crippen molar-refractivity contribution >= 4 is 6.29 Å². The summed E-state index contributed by atoms with van der Waals surface area (Å²) in [5.74, 6) is -1.59. The first-order chi connectivity index (χ1) is 11.6. The summed E-state index contributed by atoms with van der Waals surface area (Å²) in [5, 5.41) is 0. The average Bonchev–Trinajstić information content (AvgIpc) is 2.60. The molecule has 0 unspecified atom stereocenters. The Morgan fingerprint density at radius 2 is 1.27 bits per heavy atom. The van der Waals surface area contributed by atoms with Gasteiger partial charge in [0.1, 0.15) is 6.29 Å². The number of carbonyl (C=O) groups is 1. The summed E-state index contributed by atoms with van der Waals surface area (Å²) >= 11 is 0. The van der Waals surface area contributed by atoms with Crippen LogP contribution in [0.15, 0.2) is 60.4 Å². The zero-order chi connectivity index (χ0) is 19.2. The Balaban J connectivity index is 2.92. The molecule has 0 aliphatic heterocycles. The average molecular weight is 206 g/mol. The molecule has 1 heteroatoms. The molecular formula is C14H12O. The molecule has 0 spiro atoms. The second-order valence-electron chi connectivity index (χ2n) is 2.69. The lowest BCUT2D eigenvalue weighted by atomic mass is 9.93. The van der Waals surface area contributed by atoms with Crippen LogP contribution in [-0.2, 0) is 4.79 Å². The van der Waals surface area contributed by atoms with Crippen molar-refractivity contribution in [1.82, 2.24) is 0 Å². The van der Waals surface area contributed by atoms with Crippen LogP contribution in [0.2, 0.25) is 0 Å². The van der Waals surface area contributed by atoms with Gasteiger partial charge in [0.25, 0.3) is 0 Å². The summed E-state index contributed by atoms with van der Waals surface area (Å²) in [4.78, 5) is 11.7. The molecule has 0 amide bonds. The number of carbonyl (C=O) groups excluding carboxylic acids is 1. The largest absolute Gasteiger partial charge is 0.302 e. The Bertz CT molecular complexity index is 765. The van der Waals surface area contributed by atoms with E-state index in [1.807, 2.05) is 0 Å². The Hall–Kier alpha value is -1.89. The summed E-state index contributed by atoms with van der Waals surface area (Å²) in [7, 11) is 0. The standard InChI is InChI=1S/C14H12O/c15-11-14(12-7-3-1-4-8-12)13-9-5-2-6-10-13/h1-11,14H/i1D,2D,3D,4D,5D,6D,7D,8D,9D,10D. The quantitative estimate of drug-likeness (QED) is 0.705. The molecule has 2 aromatic rings. The highest BCUT2D eigenvalue weighted by molar-refractivity contribution is 5.68. The number of rotatable bonds is 3. The fourth-order valence-electron chi connectivity index (χ4n) is 1.11. The van der Waals surface area contributed by atoms with Gasteiger partial charge >= 0.3 is 0 Å². The van der Waals surface area contributed by atoms with E-state index in [1.165, 1.54) is 0 Å². The van der Waals surface area contributed by atoms with Gasteiger partial charge in [0, 0.05) is 0 Å². The first-order valence-corrected chi connectivity index (χ1v) is 4.15. The third-order valence-corrected chi connectivity index (χ3v) is 1.80. The third kappa shape index (κ3) is 2.13. The maximum atomic E-state index is 11.7. The van der Waals surface area contributed by atoms with Crippen molar-refractivity contribution in [3.8, 4) is 0 Å². The molecule has 2 rings (SSSR count). The molecule has 0 atom stereocenters. The minimum atomic E-state index is -1.59. The highest BCUT2D eigenvalue weighted by Crippen LogP contribution is 2.21. The first-order valence-electron chi connectivity index (χ1n) is 9.15. The molecule has 0 radical (unpaired) electrons. The molecule has 74 valence electrons. The molecule has 0 aromatic heterocycles. The fourth-order valence-corrected chi connectivity index (χ4v) is 1.11. The van der Waals surface area contributed by atoms with E-state index in [9.17, 15) is 4.79 Å². The Labute approximate surface area is 103 Å². The zero-order valence-corrected chi connectivity index (χ0v) is 7.56. The first kappa shape index (κ1) is 3.31. The third-order valence-electron chi connectivity index (χ3n) is 1.80. The van der Waals surface area contributed by atoms with Gasteiger partial charge in [-0.3, -0.25) is 0 Å². The topological polar surface area (TPSA) is 17.1 Å². The normalized spacial score (nSPS) is 19.5. The number of hydrogen-bond acceptors (Lipinski definition) is 1. The van der Waals surface area contributed by atoms with E-state index in [0.717, 1.165) is 0 Å². The summed E-state index contributed by atoms with van der Waals surface area (Å²) in [6.45, 7) is 0. The maximum Gasteiger partial charge on any atom is 0.131 e. The molecule has 2 aromatic carbocycles.